The molecule has 0 spiro atoms. The van der Waals surface area contributed by atoms with Crippen molar-refractivity contribution in [1.82, 2.24) is 14.7 Å². The molecule has 1 aliphatic carbocycles. The number of aryl methyl sites for hydroxylation is 1. The fraction of sp³-hybridized carbons (Fsp3) is 0.476. The first-order valence-electron chi connectivity index (χ1n) is 9.66. The van der Waals surface area contributed by atoms with Crippen LogP contribution in [-0.2, 0) is 17.6 Å². The Morgan fingerprint density at radius 1 is 1.32 bits per heavy atom. The van der Waals surface area contributed by atoms with Crippen LogP contribution in [0.1, 0.15) is 54.0 Å². The summed E-state index contributed by atoms with van der Waals surface area (Å²) in [6.45, 7) is 6.42. The first-order valence-corrected chi connectivity index (χ1v) is 9.66. The predicted molar refractivity (Wildman–Crippen MR) is 103 cm³/mol. The molecule has 1 aromatic heterocycles. The molecular weight excluding hydrogens is 361 g/mol. The van der Waals surface area contributed by atoms with Gasteiger partial charge in [-0.05, 0) is 49.8 Å². The quantitative estimate of drug-likeness (QED) is 0.790. The van der Waals surface area contributed by atoms with Crippen molar-refractivity contribution < 1.29 is 19.1 Å². The number of aromatic nitrogens is 2. The maximum absolute atomic E-state index is 14.5. The van der Waals surface area contributed by atoms with E-state index in [4.69, 9.17) is 5.11 Å². The molecule has 0 fully saturated rings. The highest BCUT2D eigenvalue weighted by molar-refractivity contribution is 5.94. The molecule has 3 rings (SSSR count). The van der Waals surface area contributed by atoms with E-state index >= 15 is 0 Å². The van der Waals surface area contributed by atoms with E-state index < -0.39 is 5.97 Å². The van der Waals surface area contributed by atoms with Gasteiger partial charge in [0.05, 0.1) is 6.42 Å². The molecule has 2 aromatic rings. The Bertz CT molecular complexity index is 905. The van der Waals surface area contributed by atoms with Gasteiger partial charge in [0, 0.05) is 24.3 Å². The second-order valence-electron chi connectivity index (χ2n) is 7.78. The summed E-state index contributed by atoms with van der Waals surface area (Å²) in [7, 11) is 0. The highest BCUT2D eigenvalue weighted by Gasteiger charge is 2.30. The fourth-order valence-corrected chi connectivity index (χ4v) is 3.69. The third-order valence-corrected chi connectivity index (χ3v) is 4.93. The van der Waals surface area contributed by atoms with Gasteiger partial charge in [0.25, 0.3) is 5.91 Å². The van der Waals surface area contributed by atoms with Crippen molar-refractivity contribution in [3.8, 4) is 5.69 Å². The first kappa shape index (κ1) is 20.0. The average Bonchev–Trinajstić information content (AvgIpc) is 3.22. The smallest absolute Gasteiger partial charge is 0.305 e. The van der Waals surface area contributed by atoms with Crippen LogP contribution in [0.2, 0.25) is 0 Å². The average molecular weight is 387 g/mol. The number of carboxylic acid groups (broad SMARTS) is 1. The predicted octanol–water partition coefficient (Wildman–Crippen LogP) is 3.38. The number of hydrogen-bond donors (Lipinski definition) is 1. The fourth-order valence-electron chi connectivity index (χ4n) is 3.69. The van der Waals surface area contributed by atoms with Crippen LogP contribution in [0.5, 0.6) is 0 Å². The molecule has 150 valence electrons. The molecule has 0 unspecified atom stereocenters. The van der Waals surface area contributed by atoms with Gasteiger partial charge in [-0.15, -0.1) is 0 Å². The summed E-state index contributed by atoms with van der Waals surface area (Å²) in [6, 6.07) is 4.84. The summed E-state index contributed by atoms with van der Waals surface area (Å²) in [5.74, 6) is -1.41. The van der Waals surface area contributed by atoms with Crippen molar-refractivity contribution in [3.05, 3.63) is 46.5 Å². The molecule has 0 saturated heterocycles. The molecular formula is C21H26FN3O3. The van der Waals surface area contributed by atoms with E-state index in [0.29, 0.717) is 17.9 Å². The van der Waals surface area contributed by atoms with Gasteiger partial charge in [-0.25, -0.2) is 9.07 Å². The second kappa shape index (κ2) is 8.12. The Morgan fingerprint density at radius 2 is 2.07 bits per heavy atom. The van der Waals surface area contributed by atoms with Crippen LogP contribution < -0.4 is 0 Å². The van der Waals surface area contributed by atoms with E-state index in [2.05, 4.69) is 5.10 Å². The van der Waals surface area contributed by atoms with Crippen LogP contribution in [0.15, 0.2) is 18.2 Å². The number of rotatable bonds is 7. The molecule has 7 heteroatoms. The van der Waals surface area contributed by atoms with E-state index in [9.17, 15) is 14.0 Å². The Balaban J connectivity index is 2.00. The van der Waals surface area contributed by atoms with Crippen LogP contribution in [0, 0.1) is 18.7 Å². The highest BCUT2D eigenvalue weighted by atomic mass is 19.1. The molecule has 0 radical (unpaired) electrons. The van der Waals surface area contributed by atoms with E-state index in [0.717, 1.165) is 36.1 Å². The van der Waals surface area contributed by atoms with E-state index in [-0.39, 0.29) is 30.6 Å². The Kier molecular flexibility index (Phi) is 5.82. The maximum atomic E-state index is 14.5. The topological polar surface area (TPSA) is 75.4 Å². The van der Waals surface area contributed by atoms with Crippen LogP contribution >= 0.6 is 0 Å². The van der Waals surface area contributed by atoms with Crippen molar-refractivity contribution in [2.24, 2.45) is 5.92 Å². The largest absolute Gasteiger partial charge is 0.481 e. The van der Waals surface area contributed by atoms with E-state index in [1.165, 1.54) is 6.07 Å². The lowest BCUT2D eigenvalue weighted by atomic mass is 10.1. The Morgan fingerprint density at radius 3 is 2.75 bits per heavy atom. The first-order chi connectivity index (χ1) is 13.3. The third-order valence-electron chi connectivity index (χ3n) is 4.93. The number of hydrogen-bond acceptors (Lipinski definition) is 3. The zero-order chi connectivity index (χ0) is 20.4. The Hall–Kier alpha value is -2.70. The molecule has 28 heavy (non-hydrogen) atoms. The van der Waals surface area contributed by atoms with Crippen molar-refractivity contribution in [2.75, 3.05) is 13.1 Å². The summed E-state index contributed by atoms with van der Waals surface area (Å²) >= 11 is 0. The number of halogens is 1. The number of carbonyl (C=O) groups is 2. The van der Waals surface area contributed by atoms with Crippen molar-refractivity contribution >= 4 is 11.9 Å². The summed E-state index contributed by atoms with van der Waals surface area (Å²) in [5, 5.41) is 13.5. The Labute approximate surface area is 164 Å². The van der Waals surface area contributed by atoms with Gasteiger partial charge in [0.1, 0.15) is 11.5 Å². The van der Waals surface area contributed by atoms with E-state index in [1.807, 2.05) is 20.8 Å². The molecule has 0 atom stereocenters. The second-order valence-corrected chi connectivity index (χ2v) is 7.78. The molecule has 1 amide bonds. The molecule has 1 N–H and O–H groups in total. The maximum Gasteiger partial charge on any atom is 0.305 e. The zero-order valence-electron chi connectivity index (χ0n) is 16.5. The number of benzene rings is 1. The van der Waals surface area contributed by atoms with Crippen LogP contribution in [0.4, 0.5) is 4.39 Å². The normalized spacial score (nSPS) is 13.0. The van der Waals surface area contributed by atoms with Gasteiger partial charge in [-0.3, -0.25) is 9.59 Å². The SMILES string of the molecule is Cc1ccc(F)c(-n2nc(C(=O)N(CCC(=O)O)CC(C)C)c3c2CCC3)c1. The summed E-state index contributed by atoms with van der Waals surface area (Å²) in [4.78, 5) is 25.8. The van der Waals surface area contributed by atoms with Gasteiger partial charge >= 0.3 is 5.97 Å². The number of aliphatic carboxylic acids is 1. The van der Waals surface area contributed by atoms with Crippen molar-refractivity contribution in [3.63, 3.8) is 0 Å². The number of amides is 1. The lowest BCUT2D eigenvalue weighted by Crippen LogP contribution is -2.36. The third kappa shape index (κ3) is 4.08. The lowest BCUT2D eigenvalue weighted by molar-refractivity contribution is -0.137. The molecule has 0 bridgehead atoms. The summed E-state index contributed by atoms with van der Waals surface area (Å²) < 4.78 is 16.0. The van der Waals surface area contributed by atoms with Gasteiger partial charge in [-0.2, -0.15) is 5.10 Å². The van der Waals surface area contributed by atoms with Crippen molar-refractivity contribution in [2.45, 2.75) is 46.5 Å². The van der Waals surface area contributed by atoms with Crippen LogP contribution in [0.25, 0.3) is 5.69 Å². The number of fused-ring (bicyclic) bond motifs is 1. The summed E-state index contributed by atoms with van der Waals surface area (Å²) in [5.41, 5.74) is 3.30. The molecule has 0 saturated carbocycles. The van der Waals surface area contributed by atoms with Gasteiger partial charge in [-0.1, -0.05) is 19.9 Å². The number of nitrogens with zero attached hydrogens (tertiary/aromatic N) is 3. The van der Waals surface area contributed by atoms with Crippen LogP contribution in [0.3, 0.4) is 0 Å². The standard InChI is InChI=1S/C21H26FN3O3/c1-13(2)12-24(10-9-19(26)27)21(28)20-15-5-4-6-17(15)25(23-20)18-11-14(3)7-8-16(18)22/h7-8,11,13H,4-6,9-10,12H2,1-3H3,(H,26,27). The minimum Gasteiger partial charge on any atom is -0.481 e. The molecule has 0 aliphatic heterocycles. The van der Waals surface area contributed by atoms with Gasteiger partial charge < -0.3 is 10.0 Å². The van der Waals surface area contributed by atoms with Crippen molar-refractivity contribution in [1.29, 1.82) is 0 Å². The number of carbonyl (C=O) groups excluding carboxylic acids is 1. The molecule has 1 heterocycles. The minimum absolute atomic E-state index is 0.117. The minimum atomic E-state index is -0.945. The van der Waals surface area contributed by atoms with Gasteiger partial charge in [0.2, 0.25) is 0 Å². The monoisotopic (exact) mass is 387 g/mol. The van der Waals surface area contributed by atoms with E-state index in [1.54, 1.807) is 21.7 Å². The molecule has 6 nitrogen and oxygen atoms in total. The molecule has 1 aliphatic rings. The zero-order valence-corrected chi connectivity index (χ0v) is 16.5. The van der Waals surface area contributed by atoms with Crippen LogP contribution in [-0.4, -0.2) is 44.8 Å². The summed E-state index contributed by atoms with van der Waals surface area (Å²) in [6.07, 6.45) is 2.23. The highest BCUT2D eigenvalue weighted by Crippen LogP contribution is 2.30. The number of carboxylic acids is 1. The van der Waals surface area contributed by atoms with Gasteiger partial charge in [0.15, 0.2) is 5.69 Å². The molecule has 1 aromatic carbocycles. The lowest BCUT2D eigenvalue weighted by Gasteiger charge is -2.23.